The summed E-state index contributed by atoms with van der Waals surface area (Å²) in [6.07, 6.45) is 3.58. The van der Waals surface area contributed by atoms with Crippen LogP contribution in [0.4, 0.5) is 8.78 Å². The first-order valence-corrected chi connectivity index (χ1v) is 5.93. The van der Waals surface area contributed by atoms with Crippen molar-refractivity contribution in [2.75, 3.05) is 5.75 Å². The number of hydrogen-bond acceptors (Lipinski definition) is 3. The summed E-state index contributed by atoms with van der Waals surface area (Å²) in [5.74, 6) is 1.65. The number of thioether (sulfide) groups is 1. The number of nitrogens with zero attached hydrogens (tertiary/aromatic N) is 2. The molecule has 0 aliphatic rings. The van der Waals surface area contributed by atoms with E-state index in [4.69, 9.17) is 5.73 Å². The molecular formula is C9H15F2N3S. The lowest BCUT2D eigenvalue weighted by atomic mass is 10.3. The van der Waals surface area contributed by atoms with Crippen LogP contribution in [0, 0.1) is 0 Å². The van der Waals surface area contributed by atoms with Gasteiger partial charge in [-0.3, -0.25) is 4.57 Å². The second kappa shape index (κ2) is 6.07. The zero-order chi connectivity index (χ0) is 11.3. The minimum Gasteiger partial charge on any atom is -0.327 e. The zero-order valence-electron chi connectivity index (χ0n) is 8.57. The van der Waals surface area contributed by atoms with Gasteiger partial charge in [0.25, 0.3) is 0 Å². The predicted octanol–water partition coefficient (Wildman–Crippen LogP) is 2.25. The molecule has 2 N–H and O–H groups in total. The molecule has 1 unspecified atom stereocenters. The van der Waals surface area contributed by atoms with Crippen LogP contribution in [0.5, 0.6) is 0 Å². The van der Waals surface area contributed by atoms with Crippen LogP contribution < -0.4 is 5.73 Å². The van der Waals surface area contributed by atoms with Crippen LogP contribution in [0.3, 0.4) is 0 Å². The van der Waals surface area contributed by atoms with E-state index >= 15 is 0 Å². The molecule has 1 rings (SSSR count). The average Bonchev–Trinajstić information content (AvgIpc) is 2.65. The molecule has 6 heteroatoms. The molecule has 1 heterocycles. The summed E-state index contributed by atoms with van der Waals surface area (Å²) in [6, 6.07) is 0.130. The summed E-state index contributed by atoms with van der Waals surface area (Å²) in [5, 5.41) is 0. The topological polar surface area (TPSA) is 43.8 Å². The molecule has 0 radical (unpaired) electrons. The van der Waals surface area contributed by atoms with Crippen molar-refractivity contribution in [3.63, 3.8) is 0 Å². The Morgan fingerprint density at radius 3 is 2.93 bits per heavy atom. The molecule has 1 atom stereocenters. The summed E-state index contributed by atoms with van der Waals surface area (Å²) in [5.41, 5.74) is 5.71. The maximum Gasteiger partial charge on any atom is 0.319 e. The van der Waals surface area contributed by atoms with Crippen molar-refractivity contribution < 1.29 is 8.78 Å². The van der Waals surface area contributed by atoms with Crippen molar-refractivity contribution in [2.24, 2.45) is 5.73 Å². The maximum atomic E-state index is 12.4. The number of aromatic nitrogens is 2. The van der Waals surface area contributed by atoms with Crippen LogP contribution in [-0.4, -0.2) is 21.3 Å². The van der Waals surface area contributed by atoms with Gasteiger partial charge in [0.2, 0.25) is 0 Å². The van der Waals surface area contributed by atoms with Gasteiger partial charge in [-0.05, 0) is 6.42 Å². The van der Waals surface area contributed by atoms with Crippen molar-refractivity contribution in [1.82, 2.24) is 9.55 Å². The third-order valence-electron chi connectivity index (χ3n) is 2.05. The second-order valence-corrected chi connectivity index (χ2v) is 4.24. The molecule has 0 bridgehead atoms. The van der Waals surface area contributed by atoms with Crippen molar-refractivity contribution >= 4 is 11.8 Å². The lowest BCUT2D eigenvalue weighted by molar-refractivity contribution is 0.0678. The quantitative estimate of drug-likeness (QED) is 0.822. The third-order valence-corrected chi connectivity index (χ3v) is 3.17. The number of nitrogens with two attached hydrogens (primary N) is 1. The Bertz CT molecular complexity index is 291. The smallest absolute Gasteiger partial charge is 0.319 e. The fourth-order valence-corrected chi connectivity index (χ4v) is 2.12. The van der Waals surface area contributed by atoms with E-state index in [1.807, 2.05) is 6.92 Å². The van der Waals surface area contributed by atoms with E-state index in [-0.39, 0.29) is 6.04 Å². The molecule has 15 heavy (non-hydrogen) atoms. The Labute approximate surface area is 92.1 Å². The molecule has 1 aromatic heterocycles. The summed E-state index contributed by atoms with van der Waals surface area (Å²) >= 11 is 1.53. The number of rotatable bonds is 6. The van der Waals surface area contributed by atoms with Crippen LogP contribution in [0.2, 0.25) is 0 Å². The van der Waals surface area contributed by atoms with Crippen LogP contribution in [0.15, 0.2) is 12.4 Å². The molecule has 0 saturated heterocycles. The predicted molar refractivity (Wildman–Crippen MR) is 57.9 cm³/mol. The SMILES string of the molecule is CCC(N)CSCc1nccn1C(F)F. The normalized spacial score (nSPS) is 13.4. The van der Waals surface area contributed by atoms with Crippen LogP contribution in [-0.2, 0) is 5.75 Å². The van der Waals surface area contributed by atoms with Crippen molar-refractivity contribution in [1.29, 1.82) is 0 Å². The Morgan fingerprint density at radius 2 is 2.33 bits per heavy atom. The van der Waals surface area contributed by atoms with Gasteiger partial charge in [0.15, 0.2) is 0 Å². The highest BCUT2D eigenvalue weighted by molar-refractivity contribution is 7.98. The first kappa shape index (κ1) is 12.4. The number of hydrogen-bond donors (Lipinski definition) is 1. The van der Waals surface area contributed by atoms with Gasteiger partial charge in [0, 0.05) is 24.2 Å². The van der Waals surface area contributed by atoms with E-state index in [0.717, 1.165) is 16.7 Å². The Kier molecular flexibility index (Phi) is 5.04. The summed E-state index contributed by atoms with van der Waals surface area (Å²) in [7, 11) is 0. The first-order chi connectivity index (χ1) is 7.15. The molecule has 86 valence electrons. The molecule has 0 aliphatic carbocycles. The number of imidazole rings is 1. The molecule has 0 saturated carbocycles. The maximum absolute atomic E-state index is 12.4. The summed E-state index contributed by atoms with van der Waals surface area (Å²) in [6.45, 7) is -0.506. The van der Waals surface area contributed by atoms with Gasteiger partial charge < -0.3 is 5.73 Å². The van der Waals surface area contributed by atoms with Gasteiger partial charge in [-0.2, -0.15) is 20.5 Å². The van der Waals surface area contributed by atoms with E-state index in [1.165, 1.54) is 24.2 Å². The standard InChI is InChI=1S/C9H15F2N3S/c1-2-7(12)5-15-6-8-13-3-4-14(8)9(10)11/h3-4,7,9H,2,5-6,12H2,1H3. The van der Waals surface area contributed by atoms with Gasteiger partial charge in [0.1, 0.15) is 5.82 Å². The van der Waals surface area contributed by atoms with Crippen LogP contribution in [0.1, 0.15) is 25.7 Å². The van der Waals surface area contributed by atoms with Gasteiger partial charge in [0.05, 0.1) is 5.75 Å². The number of halogens is 2. The third kappa shape index (κ3) is 3.79. The second-order valence-electron chi connectivity index (χ2n) is 3.21. The minimum absolute atomic E-state index is 0.130. The molecule has 3 nitrogen and oxygen atoms in total. The number of alkyl halides is 2. The first-order valence-electron chi connectivity index (χ1n) is 4.78. The van der Waals surface area contributed by atoms with E-state index in [1.54, 1.807) is 0 Å². The van der Waals surface area contributed by atoms with Gasteiger partial charge in [-0.25, -0.2) is 4.98 Å². The Hall–Kier alpha value is -0.620. The van der Waals surface area contributed by atoms with E-state index in [9.17, 15) is 8.78 Å². The van der Waals surface area contributed by atoms with Crippen LogP contribution >= 0.6 is 11.8 Å². The average molecular weight is 235 g/mol. The van der Waals surface area contributed by atoms with E-state index in [2.05, 4.69) is 4.98 Å². The summed E-state index contributed by atoms with van der Waals surface area (Å²) < 4.78 is 25.7. The largest absolute Gasteiger partial charge is 0.327 e. The fourth-order valence-electron chi connectivity index (χ4n) is 1.05. The molecule has 0 aliphatic heterocycles. The molecular weight excluding hydrogens is 220 g/mol. The fraction of sp³-hybridized carbons (Fsp3) is 0.667. The molecule has 1 aromatic rings. The monoisotopic (exact) mass is 235 g/mol. The van der Waals surface area contributed by atoms with Crippen molar-refractivity contribution in [3.05, 3.63) is 18.2 Å². The van der Waals surface area contributed by atoms with Gasteiger partial charge >= 0.3 is 6.55 Å². The van der Waals surface area contributed by atoms with E-state index < -0.39 is 6.55 Å². The molecule has 0 fully saturated rings. The summed E-state index contributed by atoms with van der Waals surface area (Å²) in [4.78, 5) is 3.88. The van der Waals surface area contributed by atoms with Crippen molar-refractivity contribution in [3.8, 4) is 0 Å². The molecule has 0 aromatic carbocycles. The highest BCUT2D eigenvalue weighted by atomic mass is 32.2. The minimum atomic E-state index is -2.51. The molecule has 0 spiro atoms. The highest BCUT2D eigenvalue weighted by Gasteiger charge is 2.11. The Balaban J connectivity index is 2.40. The van der Waals surface area contributed by atoms with Crippen LogP contribution in [0.25, 0.3) is 0 Å². The zero-order valence-corrected chi connectivity index (χ0v) is 9.38. The Morgan fingerprint density at radius 1 is 1.60 bits per heavy atom. The molecule has 0 amide bonds. The lowest BCUT2D eigenvalue weighted by Gasteiger charge is -2.09. The van der Waals surface area contributed by atoms with Gasteiger partial charge in [-0.1, -0.05) is 6.92 Å². The van der Waals surface area contributed by atoms with Gasteiger partial charge in [-0.15, -0.1) is 0 Å². The lowest BCUT2D eigenvalue weighted by Crippen LogP contribution is -2.21. The van der Waals surface area contributed by atoms with Crippen molar-refractivity contribution in [2.45, 2.75) is 31.7 Å². The highest BCUT2D eigenvalue weighted by Crippen LogP contribution is 2.17. The van der Waals surface area contributed by atoms with E-state index in [0.29, 0.717) is 11.6 Å².